The topological polar surface area (TPSA) is 38.7 Å². The van der Waals surface area contributed by atoms with Crippen molar-refractivity contribution >= 4 is 0 Å². The molecule has 0 aliphatic heterocycles. The first-order valence-corrected chi connectivity index (χ1v) is 5.69. The number of hydrogen-bond donors (Lipinski definition) is 1. The average Bonchev–Trinajstić information content (AvgIpc) is 2.32. The van der Waals surface area contributed by atoms with E-state index in [-0.39, 0.29) is 13.4 Å². The van der Waals surface area contributed by atoms with E-state index in [0.717, 1.165) is 16.9 Å². The molecule has 0 saturated heterocycles. The van der Waals surface area contributed by atoms with Crippen molar-refractivity contribution in [2.75, 3.05) is 20.0 Å². The molecule has 0 unspecified atom stereocenters. The van der Waals surface area contributed by atoms with E-state index in [4.69, 9.17) is 14.6 Å². The van der Waals surface area contributed by atoms with Gasteiger partial charge >= 0.3 is 0 Å². The molecule has 0 saturated carbocycles. The van der Waals surface area contributed by atoms with Gasteiger partial charge in [0.2, 0.25) is 0 Å². The quantitative estimate of drug-likeness (QED) is 0.482. The van der Waals surface area contributed by atoms with E-state index in [1.807, 2.05) is 32.0 Å². The number of aryl methyl sites for hydroxylation is 1. The minimum Gasteiger partial charge on any atom is -0.467 e. The Bertz CT molecular complexity index is 402. The number of hydrogen-bond acceptors (Lipinski definition) is 3. The summed E-state index contributed by atoms with van der Waals surface area (Å²) in [6.07, 6.45) is 0.502. The van der Waals surface area contributed by atoms with Gasteiger partial charge in [0, 0.05) is 18.6 Å². The van der Waals surface area contributed by atoms with Gasteiger partial charge in [-0.1, -0.05) is 11.8 Å². The molecule has 0 radical (unpaired) electrons. The molecule has 3 heteroatoms. The van der Waals surface area contributed by atoms with E-state index in [2.05, 4.69) is 11.8 Å². The van der Waals surface area contributed by atoms with Gasteiger partial charge in [0.1, 0.15) is 5.75 Å². The largest absolute Gasteiger partial charge is 0.467 e. The summed E-state index contributed by atoms with van der Waals surface area (Å²) in [6, 6.07) is 5.75. The van der Waals surface area contributed by atoms with Crippen LogP contribution in [0.2, 0.25) is 0 Å². The van der Waals surface area contributed by atoms with E-state index in [1.54, 1.807) is 0 Å². The molecule has 0 atom stereocenters. The Labute approximate surface area is 102 Å². The van der Waals surface area contributed by atoms with Gasteiger partial charge in [-0.2, -0.15) is 0 Å². The van der Waals surface area contributed by atoms with E-state index >= 15 is 0 Å². The fourth-order valence-corrected chi connectivity index (χ4v) is 1.30. The molecule has 0 aromatic heterocycles. The van der Waals surface area contributed by atoms with E-state index in [9.17, 15) is 0 Å². The fraction of sp³-hybridized carbons (Fsp3) is 0.429. The van der Waals surface area contributed by atoms with E-state index < -0.39 is 0 Å². The lowest BCUT2D eigenvalue weighted by Crippen LogP contribution is -2.03. The summed E-state index contributed by atoms with van der Waals surface area (Å²) in [6.45, 7) is 4.91. The van der Waals surface area contributed by atoms with Crippen LogP contribution in [-0.2, 0) is 4.74 Å². The molecule has 0 amide bonds. The molecule has 0 aliphatic rings. The number of aliphatic hydroxyl groups excluding tert-OH is 1. The molecule has 17 heavy (non-hydrogen) atoms. The van der Waals surface area contributed by atoms with Crippen LogP contribution in [0.5, 0.6) is 5.75 Å². The smallest absolute Gasteiger partial charge is 0.189 e. The summed E-state index contributed by atoms with van der Waals surface area (Å²) < 4.78 is 10.6. The predicted molar refractivity (Wildman–Crippen MR) is 66.9 cm³/mol. The number of aliphatic hydroxyl groups is 1. The standard InChI is InChI=1S/C14H18O3/c1-3-16-11-17-14-8-7-13(10-12(14)2)6-4-5-9-15/h7-8,10,15H,3,5,9,11H2,1-2H3. The van der Waals surface area contributed by atoms with Crippen LogP contribution in [0.25, 0.3) is 0 Å². The van der Waals surface area contributed by atoms with Crippen molar-refractivity contribution in [2.45, 2.75) is 20.3 Å². The summed E-state index contributed by atoms with van der Waals surface area (Å²) >= 11 is 0. The lowest BCUT2D eigenvalue weighted by Gasteiger charge is -2.08. The maximum Gasteiger partial charge on any atom is 0.189 e. The molecule has 1 aromatic rings. The maximum atomic E-state index is 8.63. The second kappa shape index (κ2) is 7.72. The van der Waals surface area contributed by atoms with E-state index in [0.29, 0.717) is 13.0 Å². The first-order chi connectivity index (χ1) is 8.27. The number of benzene rings is 1. The van der Waals surface area contributed by atoms with Crippen molar-refractivity contribution < 1.29 is 14.6 Å². The second-order valence-corrected chi connectivity index (χ2v) is 3.51. The van der Waals surface area contributed by atoms with Gasteiger partial charge in [0.05, 0.1) is 6.61 Å². The van der Waals surface area contributed by atoms with Crippen molar-refractivity contribution in [1.29, 1.82) is 0 Å². The Morgan fingerprint density at radius 1 is 1.35 bits per heavy atom. The molecule has 3 nitrogen and oxygen atoms in total. The summed E-state index contributed by atoms with van der Waals surface area (Å²) in [7, 11) is 0. The monoisotopic (exact) mass is 234 g/mol. The van der Waals surface area contributed by atoms with Gasteiger partial charge < -0.3 is 14.6 Å². The molecule has 0 spiro atoms. The minimum absolute atomic E-state index is 0.0987. The predicted octanol–water partition coefficient (Wildman–Crippen LogP) is 2.10. The van der Waals surface area contributed by atoms with Crippen LogP contribution in [0.4, 0.5) is 0 Å². The van der Waals surface area contributed by atoms with Crippen molar-refractivity contribution in [3.05, 3.63) is 29.3 Å². The fourth-order valence-electron chi connectivity index (χ4n) is 1.30. The molecule has 0 aliphatic carbocycles. The van der Waals surface area contributed by atoms with Crippen LogP contribution >= 0.6 is 0 Å². The highest BCUT2D eigenvalue weighted by atomic mass is 16.7. The van der Waals surface area contributed by atoms with Crippen LogP contribution in [-0.4, -0.2) is 25.1 Å². The van der Waals surface area contributed by atoms with Crippen LogP contribution < -0.4 is 4.74 Å². The lowest BCUT2D eigenvalue weighted by molar-refractivity contribution is 0.0220. The average molecular weight is 234 g/mol. The Balaban J connectivity index is 2.63. The second-order valence-electron chi connectivity index (χ2n) is 3.51. The van der Waals surface area contributed by atoms with Crippen LogP contribution in [0.3, 0.4) is 0 Å². The van der Waals surface area contributed by atoms with Crippen LogP contribution in [0.1, 0.15) is 24.5 Å². The van der Waals surface area contributed by atoms with Gasteiger partial charge in [0.25, 0.3) is 0 Å². The summed E-state index contributed by atoms with van der Waals surface area (Å²) in [5.74, 6) is 6.68. The third-order valence-electron chi connectivity index (χ3n) is 2.15. The SMILES string of the molecule is CCOCOc1ccc(C#CCCO)cc1C. The maximum absolute atomic E-state index is 8.63. The third-order valence-corrected chi connectivity index (χ3v) is 2.15. The first-order valence-electron chi connectivity index (χ1n) is 5.69. The van der Waals surface area contributed by atoms with Crippen molar-refractivity contribution in [1.82, 2.24) is 0 Å². The number of rotatable bonds is 5. The van der Waals surface area contributed by atoms with Crippen LogP contribution in [0.15, 0.2) is 18.2 Å². The normalized spacial score (nSPS) is 9.59. The number of ether oxygens (including phenoxy) is 2. The van der Waals surface area contributed by atoms with Gasteiger partial charge in [-0.3, -0.25) is 0 Å². The highest BCUT2D eigenvalue weighted by Gasteiger charge is 1.99. The summed E-state index contributed by atoms with van der Waals surface area (Å²) in [5, 5.41) is 8.63. The molecule has 0 heterocycles. The Kier molecular flexibility index (Phi) is 6.16. The molecule has 92 valence electrons. The molecule has 1 aromatic carbocycles. The van der Waals surface area contributed by atoms with Crippen molar-refractivity contribution in [3.8, 4) is 17.6 Å². The Hall–Kier alpha value is -1.50. The molecule has 0 bridgehead atoms. The van der Waals surface area contributed by atoms with Gasteiger partial charge in [-0.25, -0.2) is 0 Å². The zero-order chi connectivity index (χ0) is 12.5. The summed E-state index contributed by atoms with van der Waals surface area (Å²) in [5.41, 5.74) is 1.96. The molecular weight excluding hydrogens is 216 g/mol. The highest BCUT2D eigenvalue weighted by Crippen LogP contribution is 2.18. The minimum atomic E-state index is 0.0987. The molecule has 1 N–H and O–H groups in total. The van der Waals surface area contributed by atoms with Gasteiger partial charge in [-0.15, -0.1) is 0 Å². The molecule has 1 rings (SSSR count). The third kappa shape index (κ3) is 4.90. The summed E-state index contributed by atoms with van der Waals surface area (Å²) in [4.78, 5) is 0. The zero-order valence-corrected chi connectivity index (χ0v) is 10.3. The Morgan fingerprint density at radius 3 is 2.82 bits per heavy atom. The van der Waals surface area contributed by atoms with Crippen LogP contribution in [0, 0.1) is 18.8 Å². The first kappa shape index (κ1) is 13.6. The van der Waals surface area contributed by atoms with E-state index in [1.165, 1.54) is 0 Å². The van der Waals surface area contributed by atoms with Crippen molar-refractivity contribution in [2.24, 2.45) is 0 Å². The van der Waals surface area contributed by atoms with Gasteiger partial charge in [-0.05, 0) is 37.6 Å². The zero-order valence-electron chi connectivity index (χ0n) is 10.3. The lowest BCUT2D eigenvalue weighted by atomic mass is 10.1. The molecular formula is C14H18O3. The highest BCUT2D eigenvalue weighted by molar-refractivity contribution is 5.43. The molecule has 0 fully saturated rings. The Morgan fingerprint density at radius 2 is 2.18 bits per heavy atom. The van der Waals surface area contributed by atoms with Crippen molar-refractivity contribution in [3.63, 3.8) is 0 Å². The van der Waals surface area contributed by atoms with Gasteiger partial charge in [0.15, 0.2) is 6.79 Å².